The highest BCUT2D eigenvalue weighted by atomic mass is 35.5. The van der Waals surface area contributed by atoms with Gasteiger partial charge < -0.3 is 5.11 Å². The van der Waals surface area contributed by atoms with E-state index >= 15 is 0 Å². The number of nitro benzene ring substituents is 1. The van der Waals surface area contributed by atoms with E-state index in [2.05, 4.69) is 10.5 Å². The number of benzene rings is 2. The van der Waals surface area contributed by atoms with Crippen molar-refractivity contribution in [2.24, 2.45) is 5.10 Å². The highest BCUT2D eigenvalue weighted by Gasteiger charge is 2.18. The molecule has 6 nitrogen and oxygen atoms in total. The molecule has 0 aliphatic heterocycles. The topological polar surface area (TPSA) is 87.8 Å². The van der Waals surface area contributed by atoms with Crippen molar-refractivity contribution in [3.05, 3.63) is 62.7 Å². The lowest BCUT2D eigenvalue weighted by Crippen LogP contribution is -2.05. The largest absolute Gasteiger partial charge is 0.506 e. The Morgan fingerprint density at radius 2 is 1.88 bits per heavy atom. The molecule has 136 valence electrons. The number of anilines is 1. The van der Waals surface area contributed by atoms with Crippen molar-refractivity contribution in [1.29, 1.82) is 0 Å². The third kappa shape index (κ3) is 4.32. The number of hydrogen-bond donors (Lipinski definition) is 2. The van der Waals surface area contributed by atoms with Gasteiger partial charge in [0.1, 0.15) is 5.75 Å². The first kappa shape index (κ1) is 18.2. The molecular weight excluding hydrogens is 354 g/mol. The van der Waals surface area contributed by atoms with Gasteiger partial charge in [-0.15, -0.1) is 0 Å². The number of non-ortho nitro benzene ring substituents is 1. The van der Waals surface area contributed by atoms with Crippen molar-refractivity contribution in [2.45, 2.75) is 38.0 Å². The number of aromatic hydroxyl groups is 1. The van der Waals surface area contributed by atoms with Gasteiger partial charge in [0.15, 0.2) is 0 Å². The van der Waals surface area contributed by atoms with Crippen LogP contribution in [0.3, 0.4) is 0 Å². The van der Waals surface area contributed by atoms with Crippen LogP contribution in [0.4, 0.5) is 11.4 Å². The van der Waals surface area contributed by atoms with E-state index in [9.17, 15) is 15.2 Å². The van der Waals surface area contributed by atoms with Crippen LogP contribution in [0.2, 0.25) is 5.02 Å². The average molecular weight is 374 g/mol. The van der Waals surface area contributed by atoms with E-state index in [-0.39, 0.29) is 11.4 Å². The molecule has 0 atom stereocenters. The first-order chi connectivity index (χ1) is 12.5. The maximum Gasteiger partial charge on any atom is 0.269 e. The minimum atomic E-state index is -0.455. The Balaban J connectivity index is 1.74. The van der Waals surface area contributed by atoms with Crippen LogP contribution in [0.5, 0.6) is 5.75 Å². The smallest absolute Gasteiger partial charge is 0.269 e. The number of rotatable bonds is 5. The molecule has 0 bridgehead atoms. The number of hydrazone groups is 1. The maximum atomic E-state index is 10.7. The Kier molecular flexibility index (Phi) is 5.73. The quantitative estimate of drug-likeness (QED) is 0.414. The molecule has 0 spiro atoms. The molecule has 1 aliphatic rings. The molecule has 2 N–H and O–H groups in total. The zero-order valence-corrected chi connectivity index (χ0v) is 14.9. The number of nitrogens with zero attached hydrogens (tertiary/aromatic N) is 2. The van der Waals surface area contributed by atoms with Crippen LogP contribution in [-0.2, 0) is 0 Å². The van der Waals surface area contributed by atoms with Crippen LogP contribution >= 0.6 is 11.6 Å². The second-order valence-corrected chi connectivity index (χ2v) is 6.86. The predicted octanol–water partition coefficient (Wildman–Crippen LogP) is 5.45. The normalized spacial score (nSPS) is 15.3. The van der Waals surface area contributed by atoms with E-state index in [1.165, 1.54) is 37.6 Å². The Hall–Kier alpha value is -2.60. The molecule has 0 heterocycles. The molecule has 3 rings (SSSR count). The van der Waals surface area contributed by atoms with E-state index in [1.54, 1.807) is 12.1 Å². The summed E-state index contributed by atoms with van der Waals surface area (Å²) in [6, 6.07) is 9.71. The minimum absolute atomic E-state index is 0.000440. The van der Waals surface area contributed by atoms with E-state index in [0.29, 0.717) is 22.2 Å². The van der Waals surface area contributed by atoms with Crippen molar-refractivity contribution >= 4 is 29.2 Å². The number of halogens is 1. The summed E-state index contributed by atoms with van der Waals surface area (Å²) >= 11 is 6.19. The Morgan fingerprint density at radius 3 is 2.54 bits per heavy atom. The molecule has 2 aromatic rings. The molecule has 1 fully saturated rings. The third-order valence-corrected chi connectivity index (χ3v) is 4.96. The summed E-state index contributed by atoms with van der Waals surface area (Å²) < 4.78 is 0. The summed E-state index contributed by atoms with van der Waals surface area (Å²) in [6.45, 7) is 0. The maximum absolute atomic E-state index is 10.7. The van der Waals surface area contributed by atoms with E-state index < -0.39 is 4.92 Å². The van der Waals surface area contributed by atoms with E-state index in [1.807, 2.05) is 12.1 Å². The number of nitro groups is 1. The molecule has 0 saturated heterocycles. The zero-order chi connectivity index (χ0) is 18.5. The molecule has 2 aromatic carbocycles. The zero-order valence-electron chi connectivity index (χ0n) is 14.2. The van der Waals surface area contributed by atoms with E-state index in [4.69, 9.17) is 11.6 Å². The highest BCUT2D eigenvalue weighted by Crippen LogP contribution is 2.37. The second kappa shape index (κ2) is 8.19. The monoisotopic (exact) mass is 373 g/mol. The van der Waals surface area contributed by atoms with E-state index in [0.717, 1.165) is 18.4 Å². The van der Waals surface area contributed by atoms with Crippen molar-refractivity contribution in [3.63, 3.8) is 0 Å². The summed E-state index contributed by atoms with van der Waals surface area (Å²) in [5.74, 6) is 0.470. The van der Waals surface area contributed by atoms with Gasteiger partial charge in [0.2, 0.25) is 0 Å². The van der Waals surface area contributed by atoms with Gasteiger partial charge >= 0.3 is 0 Å². The van der Waals surface area contributed by atoms with Gasteiger partial charge in [-0.1, -0.05) is 30.9 Å². The van der Waals surface area contributed by atoms with Crippen molar-refractivity contribution in [1.82, 2.24) is 0 Å². The van der Waals surface area contributed by atoms with Crippen molar-refractivity contribution in [3.8, 4) is 5.75 Å². The van der Waals surface area contributed by atoms with Crippen LogP contribution in [0.15, 0.2) is 41.5 Å². The van der Waals surface area contributed by atoms with Crippen molar-refractivity contribution in [2.75, 3.05) is 5.43 Å². The molecular formula is C19H20ClN3O3. The fraction of sp³-hybridized carbons (Fsp3) is 0.316. The third-order valence-electron chi connectivity index (χ3n) is 4.67. The fourth-order valence-electron chi connectivity index (χ4n) is 3.25. The second-order valence-electron chi connectivity index (χ2n) is 6.45. The van der Waals surface area contributed by atoms with Gasteiger partial charge in [-0.3, -0.25) is 15.5 Å². The van der Waals surface area contributed by atoms with Crippen molar-refractivity contribution < 1.29 is 10.0 Å². The summed E-state index contributed by atoms with van der Waals surface area (Å²) in [7, 11) is 0. The van der Waals surface area contributed by atoms with Gasteiger partial charge in [0.05, 0.1) is 21.8 Å². The van der Waals surface area contributed by atoms with Gasteiger partial charge in [0, 0.05) is 17.7 Å². The van der Waals surface area contributed by atoms with Crippen LogP contribution in [0.1, 0.15) is 49.1 Å². The summed E-state index contributed by atoms with van der Waals surface area (Å²) in [5, 5.41) is 25.3. The summed E-state index contributed by atoms with van der Waals surface area (Å²) in [6.07, 6.45) is 7.49. The molecule has 0 radical (unpaired) electrons. The lowest BCUT2D eigenvalue weighted by molar-refractivity contribution is -0.384. The molecule has 7 heteroatoms. The van der Waals surface area contributed by atoms with Gasteiger partial charge in [-0.2, -0.15) is 5.10 Å². The van der Waals surface area contributed by atoms with Crippen LogP contribution in [0, 0.1) is 10.1 Å². The minimum Gasteiger partial charge on any atom is -0.506 e. The highest BCUT2D eigenvalue weighted by molar-refractivity contribution is 6.32. The Labute approximate surface area is 156 Å². The fourth-order valence-corrected chi connectivity index (χ4v) is 3.48. The summed E-state index contributed by atoms with van der Waals surface area (Å²) in [4.78, 5) is 10.2. The van der Waals surface area contributed by atoms with Gasteiger partial charge in [-0.25, -0.2) is 0 Å². The average Bonchev–Trinajstić information content (AvgIpc) is 2.66. The lowest BCUT2D eigenvalue weighted by atomic mass is 9.83. The van der Waals surface area contributed by atoms with Crippen LogP contribution in [-0.4, -0.2) is 16.2 Å². The molecule has 0 unspecified atom stereocenters. The number of nitrogens with one attached hydrogen (secondary N) is 1. The number of phenols is 1. The molecule has 0 aromatic heterocycles. The first-order valence-corrected chi connectivity index (χ1v) is 8.98. The number of hydrogen-bond acceptors (Lipinski definition) is 5. The van der Waals surface area contributed by atoms with Gasteiger partial charge in [0.25, 0.3) is 5.69 Å². The first-order valence-electron chi connectivity index (χ1n) is 8.60. The molecule has 26 heavy (non-hydrogen) atoms. The molecule has 0 amide bonds. The lowest BCUT2D eigenvalue weighted by Gasteiger charge is -2.22. The number of phenolic OH excluding ortho intramolecular Hbond substituents is 1. The Bertz CT molecular complexity index is 816. The standard InChI is InChI=1S/C19H20ClN3O3/c20-18-11-14(13-4-2-1-3-5-13)10-15(19(18)24)12-21-22-16-6-8-17(9-7-16)23(25)26/h6-13,22,24H,1-5H2. The molecule has 1 saturated carbocycles. The summed E-state index contributed by atoms with van der Waals surface area (Å²) in [5.41, 5.74) is 5.10. The molecule has 1 aliphatic carbocycles. The van der Waals surface area contributed by atoms with Crippen LogP contribution in [0.25, 0.3) is 0 Å². The SMILES string of the molecule is O=[N+]([O-])c1ccc(NN=Cc2cc(C3CCCCC3)cc(Cl)c2O)cc1. The predicted molar refractivity (Wildman–Crippen MR) is 103 cm³/mol. The Morgan fingerprint density at radius 1 is 1.19 bits per heavy atom. The van der Waals surface area contributed by atoms with Crippen LogP contribution < -0.4 is 5.43 Å². The van der Waals surface area contributed by atoms with Gasteiger partial charge in [-0.05, 0) is 48.6 Å².